The van der Waals surface area contributed by atoms with Crippen LogP contribution in [0.25, 0.3) is 0 Å². The highest BCUT2D eigenvalue weighted by Crippen LogP contribution is 2.42. The second-order valence-corrected chi connectivity index (χ2v) is 32.2. The third-order valence-corrected chi connectivity index (χ3v) is 23.5. The van der Waals surface area contributed by atoms with Gasteiger partial charge in [-0.05, 0) is 5.92 Å². The van der Waals surface area contributed by atoms with Crippen molar-refractivity contribution in [1.29, 1.82) is 0 Å². The van der Waals surface area contributed by atoms with Gasteiger partial charge in [-0.1, -0.05) is 27.7 Å². The van der Waals surface area contributed by atoms with Gasteiger partial charge >= 0.3 is 0 Å². The molecule has 696 valence electrons. The SMILES string of the molecule is CC(=O)NC1[C@H](O[C@@H]2C(CO)O[C@@H](C(C)C)C(NC(C)=O)[C@H]2O)OC(CO)[C@@H](O[C@@H]2OC(COC3OC(COC4OC(CO)[C@@H](O)[C@H](O)[C@H]4O)[C@@H](O)[C@H](OC4O[C@@H](CO)[C@@H](O)C(O)C4O)[C@H]3O)[C@@H](O)[C@H](O[C@H]3OC[C@@H](O)[C@H](O)C3O[C@@H]3OC(CO)[C@@H](O[C@@H]4OC(CO[C@@H]5CC6OOC(C(O)CO)C(O5)[C@@H]6C)[C@H](O)[C@H](O)C4O)[C@H](O)C3C)C2O)[C@@H]1O. The Balaban J connectivity index is 0.855. The molecule has 0 radical (unpaired) electrons. The van der Waals surface area contributed by atoms with Crippen LogP contribution in [0.4, 0.5) is 0 Å². The average Bonchev–Trinajstić information content (AvgIpc) is 0.767. The molecule has 27 N–H and O–H groups in total. The number of nitrogens with one attached hydrogen (secondary N) is 2. The van der Waals surface area contributed by atoms with Gasteiger partial charge in [0.1, 0.15) is 214 Å². The maximum atomic E-state index is 13.1. The van der Waals surface area contributed by atoms with E-state index in [9.17, 15) is 137 Å². The van der Waals surface area contributed by atoms with E-state index in [2.05, 4.69) is 10.6 Å². The molecule has 50 nitrogen and oxygen atoms in total. The van der Waals surface area contributed by atoms with Gasteiger partial charge in [0.15, 0.2) is 56.6 Å². The van der Waals surface area contributed by atoms with E-state index >= 15 is 0 Å². The zero-order valence-corrected chi connectivity index (χ0v) is 65.8. The van der Waals surface area contributed by atoms with E-state index in [0.29, 0.717) is 0 Å². The Bertz CT molecular complexity index is 3150. The molecule has 11 aliphatic rings. The lowest BCUT2D eigenvalue weighted by Crippen LogP contribution is -2.70. The smallest absolute Gasteiger partial charge is 0.217 e. The van der Waals surface area contributed by atoms with Crippen molar-refractivity contribution in [1.82, 2.24) is 10.6 Å². The van der Waals surface area contributed by atoms with Crippen LogP contribution in [-0.2, 0) is 109 Å². The number of rotatable bonds is 31. The van der Waals surface area contributed by atoms with E-state index in [1.165, 1.54) is 6.92 Å². The van der Waals surface area contributed by atoms with Gasteiger partial charge in [-0.15, -0.1) is 0 Å². The molecule has 0 aromatic rings. The Morgan fingerprint density at radius 1 is 0.358 bits per heavy atom. The molecule has 50 heteroatoms. The molecule has 120 heavy (non-hydrogen) atoms. The Morgan fingerprint density at radius 2 is 0.750 bits per heavy atom. The largest absolute Gasteiger partial charge is 0.394 e. The number of carbonyl (C=O) groups excluding carboxylic acids is 2. The number of fused-ring (bicyclic) bond motifs is 2. The third kappa shape index (κ3) is 21.2. The highest BCUT2D eigenvalue weighted by molar-refractivity contribution is 5.73. The fraction of sp³-hybridized carbons (Fsp3) is 0.971. The molecule has 11 rings (SSSR count). The summed E-state index contributed by atoms with van der Waals surface area (Å²) in [5.74, 6) is -3.60. The molecule has 2 amide bonds. The topological polar surface area (TPSA) is 758 Å². The van der Waals surface area contributed by atoms with Crippen LogP contribution in [0, 0.1) is 17.8 Å². The normalized spacial score (nSPS) is 50.6. The summed E-state index contributed by atoms with van der Waals surface area (Å²) in [5, 5.41) is 284. The van der Waals surface area contributed by atoms with Crippen LogP contribution in [0.1, 0.15) is 48.0 Å². The molecule has 11 aliphatic heterocycles. The second-order valence-electron chi connectivity index (χ2n) is 32.2. The lowest BCUT2D eigenvalue weighted by atomic mass is 9.87. The molecule has 11 fully saturated rings. The number of ether oxygens (including phenoxy) is 19. The minimum Gasteiger partial charge on any atom is -0.394 e. The molecule has 50 atom stereocenters. The van der Waals surface area contributed by atoms with Crippen LogP contribution in [0.3, 0.4) is 0 Å². The number of carbonyl (C=O) groups is 2. The predicted octanol–water partition coefficient (Wildman–Crippen LogP) is -16.9. The van der Waals surface area contributed by atoms with Gasteiger partial charge in [-0.25, -0.2) is 9.78 Å². The molecule has 0 aliphatic carbocycles. The van der Waals surface area contributed by atoms with E-state index in [0.717, 1.165) is 13.8 Å². The minimum absolute atomic E-state index is 0.0592. The summed E-state index contributed by atoms with van der Waals surface area (Å²) in [6, 6.07) is -3.03. The predicted molar refractivity (Wildman–Crippen MR) is 374 cm³/mol. The second kappa shape index (κ2) is 42.6. The Hall–Kier alpha value is -2.90. The number of hydrogen-bond donors (Lipinski definition) is 27. The Kier molecular flexibility index (Phi) is 34.7. The van der Waals surface area contributed by atoms with Crippen LogP contribution in [0.2, 0.25) is 0 Å². The first kappa shape index (κ1) is 97.7. The molecule has 2 bridgehead atoms. The summed E-state index contributed by atoms with van der Waals surface area (Å²) in [4.78, 5) is 36.3. The Morgan fingerprint density at radius 3 is 1.27 bits per heavy atom. The standard InChI is InChI=1S/C70H118N2O48/c1-18(2)54-35(71-21(5)79)44(90)58(28(11-76)104-54)113-64-36(72-22(6)80)45(91)59(30(13-78)108-64)115-69-53(99)61(43(89)33(111-69)17-103-66-52(98)60(116-67-50(96)47(93)40(86)27(10-75)106-67)42(88)32(109-66)16-102-65-49(95)46(92)39(85)26(9-74)105-65)117-70-62(38(84)24(82)14-101-70)118-63-20(4)37(83)57(29(12-77)107-63)114-68-51(97)48(94)41(87)31(110-68)15-100-34-7-25-19(3)55(112-34)56(120-119-25)23(81)8-73/h18-20,23-70,73-78,81-99H,7-17H2,1-6H3,(H,71,79)(H,72,80)/t19-,20?,23?,24-,25?,26?,27+,28?,29?,30?,31?,32?,33?,34+,35?,36?,37-,38+,39-,40-,41+,42-,43-,44-,45-,46+,47?,48+,49-,50?,51?,52-,53?,54+,55?,56?,57-,58-,59-,60+,61+,62?,63+,64+,65?,66?,67?,68+,69+,70-/m1/s1. The number of aliphatic hydroxyl groups is 25. The average molecular weight is 1760 g/mol. The van der Waals surface area contributed by atoms with Crippen molar-refractivity contribution in [3.8, 4) is 0 Å². The van der Waals surface area contributed by atoms with E-state index in [1.807, 2.05) is 0 Å². The van der Waals surface area contributed by atoms with Crippen molar-refractivity contribution in [2.24, 2.45) is 17.8 Å². The monoisotopic (exact) mass is 1750 g/mol. The zero-order chi connectivity index (χ0) is 87.6. The number of amides is 2. The summed E-state index contributed by atoms with van der Waals surface area (Å²) in [6.45, 7) is -0.420. The molecule has 11 saturated heterocycles. The lowest BCUT2D eigenvalue weighted by molar-refractivity contribution is -0.452. The van der Waals surface area contributed by atoms with Crippen LogP contribution in [0.5, 0.6) is 0 Å². The fourth-order valence-corrected chi connectivity index (χ4v) is 16.4. The summed E-state index contributed by atoms with van der Waals surface area (Å²) in [5.41, 5.74) is 0. The molecule has 22 unspecified atom stereocenters. The summed E-state index contributed by atoms with van der Waals surface area (Å²) in [6.07, 6.45) is -85.0. The summed E-state index contributed by atoms with van der Waals surface area (Å²) < 4.78 is 114. The number of hydrogen-bond acceptors (Lipinski definition) is 48. The maximum Gasteiger partial charge on any atom is 0.217 e. The first-order valence-electron chi connectivity index (χ1n) is 39.6. The van der Waals surface area contributed by atoms with E-state index < -0.39 is 378 Å². The summed E-state index contributed by atoms with van der Waals surface area (Å²) >= 11 is 0. The number of aliphatic hydroxyl groups excluding tert-OH is 25. The van der Waals surface area contributed by atoms with Crippen molar-refractivity contribution in [3.05, 3.63) is 0 Å². The van der Waals surface area contributed by atoms with Crippen molar-refractivity contribution >= 4 is 11.8 Å². The highest BCUT2D eigenvalue weighted by atomic mass is 17.2. The Labute approximate surface area is 683 Å². The van der Waals surface area contributed by atoms with Crippen LogP contribution in [0.15, 0.2) is 0 Å². The minimum atomic E-state index is -2.45. The maximum absolute atomic E-state index is 13.1. The molecule has 0 spiro atoms. The van der Waals surface area contributed by atoms with Gasteiger partial charge in [0, 0.05) is 32.1 Å². The van der Waals surface area contributed by atoms with Crippen molar-refractivity contribution < 1.29 is 237 Å². The molecule has 0 aromatic carbocycles. The molecular formula is C70H118N2O48. The third-order valence-electron chi connectivity index (χ3n) is 23.5. The van der Waals surface area contributed by atoms with Crippen LogP contribution < -0.4 is 10.6 Å². The van der Waals surface area contributed by atoms with Crippen LogP contribution in [-0.4, -0.2) is 500 Å². The highest BCUT2D eigenvalue weighted by Gasteiger charge is 2.61. The molecular weight excluding hydrogens is 1640 g/mol. The van der Waals surface area contributed by atoms with E-state index in [1.54, 1.807) is 20.8 Å². The van der Waals surface area contributed by atoms with Crippen molar-refractivity contribution in [2.75, 3.05) is 66.1 Å². The first-order chi connectivity index (χ1) is 56.9. The quantitative estimate of drug-likeness (QED) is 0.0287. The van der Waals surface area contributed by atoms with E-state index in [4.69, 9.17) is 99.8 Å². The van der Waals surface area contributed by atoms with Gasteiger partial charge in [0.05, 0.1) is 90.4 Å². The molecule has 0 aromatic heterocycles. The van der Waals surface area contributed by atoms with Gasteiger partial charge in [0.2, 0.25) is 11.8 Å². The lowest BCUT2D eigenvalue weighted by Gasteiger charge is -2.51. The van der Waals surface area contributed by atoms with Crippen molar-refractivity contribution in [3.63, 3.8) is 0 Å². The van der Waals surface area contributed by atoms with Gasteiger partial charge in [0.25, 0.3) is 0 Å². The first-order valence-corrected chi connectivity index (χ1v) is 39.6. The molecule has 0 saturated carbocycles. The summed E-state index contributed by atoms with van der Waals surface area (Å²) in [7, 11) is 0. The van der Waals surface area contributed by atoms with Crippen molar-refractivity contribution in [2.45, 2.75) is 343 Å². The van der Waals surface area contributed by atoms with Gasteiger partial charge in [-0.3, -0.25) is 9.59 Å². The fourth-order valence-electron chi connectivity index (χ4n) is 16.4. The van der Waals surface area contributed by atoms with E-state index in [-0.39, 0.29) is 18.3 Å². The van der Waals surface area contributed by atoms with Crippen LogP contribution >= 0.6 is 0 Å². The zero-order valence-electron chi connectivity index (χ0n) is 65.8. The van der Waals surface area contributed by atoms with Gasteiger partial charge in [-0.2, -0.15) is 0 Å². The van der Waals surface area contributed by atoms with Gasteiger partial charge < -0.3 is 228 Å². The molecule has 11 heterocycles.